The van der Waals surface area contributed by atoms with Crippen molar-refractivity contribution in [3.05, 3.63) is 0 Å². The number of carbonyl (C=O) groups excluding carboxylic acids is 1. The molecule has 2 N–H and O–H groups in total. The molecule has 0 spiro atoms. The lowest BCUT2D eigenvalue weighted by Gasteiger charge is -2.33. The van der Waals surface area contributed by atoms with Crippen LogP contribution in [0.1, 0.15) is 12.8 Å². The fraction of sp³-hybridized carbons (Fsp3) is 0.800. The van der Waals surface area contributed by atoms with Crippen LogP contribution in [-0.2, 0) is 24.4 Å². The first-order chi connectivity index (χ1) is 11.7. The van der Waals surface area contributed by atoms with Gasteiger partial charge in [0.25, 0.3) is 10.1 Å². The Morgan fingerprint density at radius 1 is 0.926 bits per heavy atom. The summed E-state index contributed by atoms with van der Waals surface area (Å²) in [5.74, 6) is -24.4. The number of hydrogen-bond donors (Lipinski definition) is 2. The molecule has 0 amide bonds. The number of aliphatic carboxylic acids is 1. The molecule has 0 radical (unpaired) electrons. The molecule has 0 saturated carbocycles. The number of hydrogen-bond acceptors (Lipinski definition) is 5. The summed E-state index contributed by atoms with van der Waals surface area (Å²) in [6, 6.07) is 0. The normalized spacial score (nSPS) is 15.3. The van der Waals surface area contributed by atoms with Gasteiger partial charge in [-0.25, -0.2) is 0 Å². The first-order valence-corrected chi connectivity index (χ1v) is 7.73. The molecule has 0 aliphatic heterocycles. The summed E-state index contributed by atoms with van der Waals surface area (Å²) < 4.78 is 147. The first kappa shape index (κ1) is 25.2. The van der Waals surface area contributed by atoms with Gasteiger partial charge in [0.05, 0.1) is 19.4 Å². The number of carboxylic acid groups (broad SMARTS) is 1. The molecule has 0 aromatic rings. The highest BCUT2D eigenvalue weighted by atomic mass is 32.2. The van der Waals surface area contributed by atoms with Crippen LogP contribution in [0, 0.1) is 0 Å². The Labute approximate surface area is 143 Å². The molecule has 160 valence electrons. The Morgan fingerprint density at radius 2 is 1.37 bits per heavy atom. The van der Waals surface area contributed by atoms with E-state index < -0.39 is 70.7 Å². The minimum Gasteiger partial charge on any atom is -0.481 e. The number of alkyl halides is 9. The summed E-state index contributed by atoms with van der Waals surface area (Å²) >= 11 is 0. The first-order valence-electron chi connectivity index (χ1n) is 6.23. The van der Waals surface area contributed by atoms with Gasteiger partial charge in [0.2, 0.25) is 0 Å². The monoisotopic (exact) mass is 444 g/mol. The highest BCUT2D eigenvalue weighted by Crippen LogP contribution is 2.53. The molecule has 7 nitrogen and oxygen atoms in total. The number of rotatable bonds is 9. The van der Waals surface area contributed by atoms with Crippen LogP contribution in [0.15, 0.2) is 0 Å². The number of halogens is 9. The van der Waals surface area contributed by atoms with Gasteiger partial charge < -0.3 is 9.84 Å². The van der Waals surface area contributed by atoms with E-state index in [9.17, 15) is 57.5 Å². The molecule has 0 aromatic heterocycles. The Hall–Kier alpha value is -1.78. The van der Waals surface area contributed by atoms with Crippen LogP contribution in [0.3, 0.4) is 0 Å². The van der Waals surface area contributed by atoms with E-state index in [2.05, 4.69) is 4.74 Å². The van der Waals surface area contributed by atoms with Crippen molar-refractivity contribution in [1.29, 1.82) is 0 Å². The molecule has 1 unspecified atom stereocenters. The second-order valence-electron chi connectivity index (χ2n) is 4.87. The van der Waals surface area contributed by atoms with Crippen LogP contribution < -0.4 is 0 Å². The lowest BCUT2D eigenvalue weighted by Crippen LogP contribution is -2.61. The van der Waals surface area contributed by atoms with Crippen molar-refractivity contribution in [1.82, 2.24) is 0 Å². The lowest BCUT2D eigenvalue weighted by atomic mass is 10.0. The predicted octanol–water partition coefficient (Wildman–Crippen LogP) is 2.12. The van der Waals surface area contributed by atoms with Gasteiger partial charge >= 0.3 is 35.9 Å². The fourth-order valence-electron chi connectivity index (χ4n) is 1.41. The van der Waals surface area contributed by atoms with E-state index in [4.69, 9.17) is 9.66 Å². The molecule has 0 aromatic carbocycles. The summed E-state index contributed by atoms with van der Waals surface area (Å²) in [6.07, 6.45) is -11.3. The summed E-state index contributed by atoms with van der Waals surface area (Å²) in [5.41, 5.74) is 0. The van der Waals surface area contributed by atoms with Crippen LogP contribution in [0.2, 0.25) is 0 Å². The molecule has 0 rings (SSSR count). The van der Waals surface area contributed by atoms with Gasteiger partial charge in [0.15, 0.2) is 5.25 Å². The van der Waals surface area contributed by atoms with E-state index in [-0.39, 0.29) is 0 Å². The molecular formula is C10H9F9O7S. The third-order valence-electron chi connectivity index (χ3n) is 2.85. The van der Waals surface area contributed by atoms with Crippen molar-refractivity contribution in [3.8, 4) is 0 Å². The summed E-state index contributed by atoms with van der Waals surface area (Å²) in [5, 5.41) is 5.46. The van der Waals surface area contributed by atoms with Crippen molar-refractivity contribution in [2.24, 2.45) is 0 Å². The average molecular weight is 444 g/mol. The second kappa shape index (κ2) is 7.69. The number of ether oxygens (including phenoxy) is 1. The van der Waals surface area contributed by atoms with Crippen molar-refractivity contribution < 1.29 is 71.9 Å². The smallest absolute Gasteiger partial charge is 0.460 e. The highest BCUT2D eigenvalue weighted by Gasteiger charge is 2.81. The molecule has 0 heterocycles. The topological polar surface area (TPSA) is 118 Å². The largest absolute Gasteiger partial charge is 0.481 e. The molecule has 0 bridgehead atoms. The minimum atomic E-state index is -7.16. The van der Waals surface area contributed by atoms with Crippen LogP contribution in [-0.4, -0.2) is 65.8 Å². The lowest BCUT2D eigenvalue weighted by molar-refractivity contribution is -0.397. The SMILES string of the molecule is O=C(O)CC(C(=O)OCCC(F)(F)C(F)(F)C(F)(F)C(F)(F)F)S(=O)(=O)O. The molecule has 27 heavy (non-hydrogen) atoms. The van der Waals surface area contributed by atoms with Gasteiger partial charge in [-0.2, -0.15) is 47.9 Å². The van der Waals surface area contributed by atoms with Gasteiger partial charge in [-0.3, -0.25) is 14.1 Å². The zero-order chi connectivity index (χ0) is 22.1. The maximum absolute atomic E-state index is 13.1. The maximum atomic E-state index is 13.1. The minimum absolute atomic E-state index is 1.64. The van der Waals surface area contributed by atoms with Gasteiger partial charge in [0.1, 0.15) is 0 Å². The van der Waals surface area contributed by atoms with E-state index in [0.29, 0.717) is 0 Å². The molecule has 1 atom stereocenters. The predicted molar refractivity (Wildman–Crippen MR) is 64.1 cm³/mol. The summed E-state index contributed by atoms with van der Waals surface area (Å²) in [7, 11) is -5.46. The zero-order valence-corrected chi connectivity index (χ0v) is 13.3. The van der Waals surface area contributed by atoms with Gasteiger partial charge in [-0.1, -0.05) is 0 Å². The summed E-state index contributed by atoms with van der Waals surface area (Å²) in [6.45, 7) is -2.00. The highest BCUT2D eigenvalue weighted by molar-refractivity contribution is 7.87. The van der Waals surface area contributed by atoms with Gasteiger partial charge in [-0.05, 0) is 0 Å². The van der Waals surface area contributed by atoms with Crippen molar-refractivity contribution in [2.45, 2.75) is 42.0 Å². The molecule has 17 heteroatoms. The Balaban J connectivity index is 5.25. The average Bonchev–Trinajstić information content (AvgIpc) is 2.41. The van der Waals surface area contributed by atoms with E-state index in [0.717, 1.165) is 0 Å². The molecule has 0 aliphatic carbocycles. The Morgan fingerprint density at radius 3 is 1.70 bits per heavy atom. The van der Waals surface area contributed by atoms with Crippen LogP contribution in [0.4, 0.5) is 39.5 Å². The zero-order valence-electron chi connectivity index (χ0n) is 12.4. The Kier molecular flexibility index (Phi) is 7.18. The molecular weight excluding hydrogens is 435 g/mol. The standard InChI is InChI=1S/C10H9F9O7S/c11-7(12,8(13,14)9(15,16)10(17,18)19)1-2-26-6(22)4(3-5(20)21)27(23,24)25/h4H,1-3H2,(H,20,21)(H,23,24,25). The van der Waals surface area contributed by atoms with Gasteiger partial charge in [0, 0.05) is 0 Å². The van der Waals surface area contributed by atoms with E-state index >= 15 is 0 Å². The fourth-order valence-corrected chi connectivity index (χ4v) is 2.07. The summed E-state index contributed by atoms with van der Waals surface area (Å²) in [4.78, 5) is 21.6. The third-order valence-corrected chi connectivity index (χ3v) is 3.93. The molecule has 0 aliphatic rings. The van der Waals surface area contributed by atoms with Crippen LogP contribution in [0.25, 0.3) is 0 Å². The van der Waals surface area contributed by atoms with Gasteiger partial charge in [-0.15, -0.1) is 0 Å². The third kappa shape index (κ3) is 5.60. The maximum Gasteiger partial charge on any atom is 0.460 e. The second-order valence-corrected chi connectivity index (χ2v) is 6.47. The van der Waals surface area contributed by atoms with E-state index in [1.807, 2.05) is 0 Å². The molecule has 0 fully saturated rings. The van der Waals surface area contributed by atoms with Crippen molar-refractivity contribution >= 4 is 22.1 Å². The van der Waals surface area contributed by atoms with E-state index in [1.165, 1.54) is 0 Å². The molecule has 0 saturated heterocycles. The number of carbonyl (C=O) groups is 2. The van der Waals surface area contributed by atoms with E-state index in [1.54, 1.807) is 0 Å². The number of esters is 1. The quantitative estimate of drug-likeness (QED) is 0.318. The van der Waals surface area contributed by atoms with Crippen molar-refractivity contribution in [3.63, 3.8) is 0 Å². The van der Waals surface area contributed by atoms with Crippen LogP contribution in [0.5, 0.6) is 0 Å². The van der Waals surface area contributed by atoms with Crippen LogP contribution >= 0.6 is 0 Å². The Bertz CT molecular complexity index is 671. The van der Waals surface area contributed by atoms with Crippen molar-refractivity contribution in [2.75, 3.05) is 6.61 Å². The number of carboxylic acids is 1.